The van der Waals surface area contributed by atoms with Crippen LogP contribution in [0.2, 0.25) is 0 Å². The van der Waals surface area contributed by atoms with Gasteiger partial charge in [-0.1, -0.05) is 17.0 Å². The van der Waals surface area contributed by atoms with E-state index in [1.165, 1.54) is 0 Å². The monoisotopic (exact) mass is 448 g/mol. The van der Waals surface area contributed by atoms with Crippen molar-refractivity contribution in [1.29, 1.82) is 0 Å². The molecule has 2 fully saturated rings. The molecule has 0 amide bonds. The van der Waals surface area contributed by atoms with Gasteiger partial charge in [-0.25, -0.2) is 4.98 Å². The smallest absolute Gasteiger partial charge is 0.185 e. The number of imidazole rings is 1. The topological polar surface area (TPSA) is 95.4 Å². The first-order valence-corrected chi connectivity index (χ1v) is 11.5. The summed E-state index contributed by atoms with van der Waals surface area (Å²) in [7, 11) is 0. The molecule has 8 nitrogen and oxygen atoms in total. The van der Waals surface area contributed by atoms with Gasteiger partial charge in [0.25, 0.3) is 0 Å². The van der Waals surface area contributed by atoms with Crippen LogP contribution in [0.25, 0.3) is 11.5 Å². The minimum Gasteiger partial charge on any atom is -0.393 e. The van der Waals surface area contributed by atoms with E-state index in [4.69, 9.17) is 14.0 Å². The molecular formula is C25H28N4O4. The third-order valence-corrected chi connectivity index (χ3v) is 6.05. The van der Waals surface area contributed by atoms with Gasteiger partial charge in [-0.3, -0.25) is 4.98 Å². The zero-order valence-corrected chi connectivity index (χ0v) is 18.7. The van der Waals surface area contributed by atoms with Gasteiger partial charge in [0.2, 0.25) is 0 Å². The van der Waals surface area contributed by atoms with Crippen LogP contribution in [-0.2, 0) is 16.0 Å². The first kappa shape index (κ1) is 21.8. The Bertz CT molecular complexity index is 1120. The Morgan fingerprint density at radius 1 is 1.27 bits per heavy atom. The highest BCUT2D eigenvalue weighted by Gasteiger charge is 2.25. The molecule has 1 saturated carbocycles. The number of pyridine rings is 1. The van der Waals surface area contributed by atoms with Crippen LogP contribution in [0.15, 0.2) is 41.3 Å². The number of hydrogen-bond acceptors (Lipinski definition) is 7. The molecule has 0 spiro atoms. The van der Waals surface area contributed by atoms with Crippen molar-refractivity contribution in [3.63, 3.8) is 0 Å². The summed E-state index contributed by atoms with van der Waals surface area (Å²) in [5.74, 6) is 8.02. The van der Waals surface area contributed by atoms with Crippen LogP contribution in [0, 0.1) is 17.8 Å². The Morgan fingerprint density at radius 3 is 2.94 bits per heavy atom. The molecule has 172 valence electrons. The minimum atomic E-state index is -0.189. The molecule has 3 aromatic heterocycles. The van der Waals surface area contributed by atoms with Crippen LogP contribution in [-0.4, -0.2) is 43.8 Å². The number of ether oxygens (including phenoxy) is 2. The quantitative estimate of drug-likeness (QED) is 0.575. The zero-order valence-electron chi connectivity index (χ0n) is 18.7. The average Bonchev–Trinajstić information content (AvgIpc) is 3.47. The second-order valence-corrected chi connectivity index (χ2v) is 8.69. The van der Waals surface area contributed by atoms with Gasteiger partial charge in [-0.05, 0) is 51.2 Å². The molecule has 2 atom stereocenters. The summed E-state index contributed by atoms with van der Waals surface area (Å²) in [5.41, 5.74) is 2.33. The molecule has 8 heteroatoms. The number of nitrogens with zero attached hydrogens (tertiary/aromatic N) is 4. The molecule has 1 N–H and O–H groups in total. The van der Waals surface area contributed by atoms with Crippen LogP contribution in [0.4, 0.5) is 0 Å². The van der Waals surface area contributed by atoms with Gasteiger partial charge in [-0.15, -0.1) is 0 Å². The highest BCUT2D eigenvalue weighted by molar-refractivity contribution is 5.53. The van der Waals surface area contributed by atoms with Crippen molar-refractivity contribution in [3.05, 3.63) is 53.9 Å². The highest BCUT2D eigenvalue weighted by atomic mass is 16.7. The predicted molar refractivity (Wildman–Crippen MR) is 120 cm³/mol. The SMILES string of the molecule is C[C@H](OC1CCCCO1)c1nccn1Cc1cc(-c2ccc(C#CC3CC(O)C3)cn2)on1. The van der Waals surface area contributed by atoms with Gasteiger partial charge in [-0.2, -0.15) is 0 Å². The molecule has 1 saturated heterocycles. The van der Waals surface area contributed by atoms with Crippen molar-refractivity contribution in [2.24, 2.45) is 5.92 Å². The summed E-state index contributed by atoms with van der Waals surface area (Å²) in [6, 6.07) is 5.70. The van der Waals surface area contributed by atoms with Gasteiger partial charge in [0.05, 0.1) is 12.6 Å². The molecule has 0 bridgehead atoms. The van der Waals surface area contributed by atoms with E-state index in [2.05, 4.69) is 27.0 Å². The highest BCUT2D eigenvalue weighted by Crippen LogP contribution is 2.26. The van der Waals surface area contributed by atoms with E-state index < -0.39 is 0 Å². The fourth-order valence-electron chi connectivity index (χ4n) is 4.11. The van der Waals surface area contributed by atoms with E-state index in [9.17, 15) is 5.11 Å². The molecule has 2 aliphatic rings. The Morgan fingerprint density at radius 2 is 2.18 bits per heavy atom. The zero-order chi connectivity index (χ0) is 22.6. The van der Waals surface area contributed by atoms with Gasteiger partial charge >= 0.3 is 0 Å². The number of rotatable bonds is 6. The molecule has 5 rings (SSSR count). The normalized spacial score (nSPS) is 23.4. The Labute approximate surface area is 192 Å². The second-order valence-electron chi connectivity index (χ2n) is 8.69. The third kappa shape index (κ3) is 5.33. The lowest BCUT2D eigenvalue weighted by Crippen LogP contribution is -2.26. The lowest BCUT2D eigenvalue weighted by atomic mass is 9.83. The standard InChI is InChI=1S/C25H28N4O4/c1-17(32-24-4-2-3-11-31-24)25-26-9-10-29(25)16-20-14-23(33-28-20)22-8-7-18(15-27-22)5-6-19-12-21(30)13-19/h7-10,14-15,17,19,21,24,30H,2-4,11-13,16H2,1H3/t17-,19?,21?,24?/m0/s1. The Balaban J connectivity index is 1.21. The summed E-state index contributed by atoms with van der Waals surface area (Å²) in [6.45, 7) is 3.27. The fourth-order valence-corrected chi connectivity index (χ4v) is 4.11. The largest absolute Gasteiger partial charge is 0.393 e. The van der Waals surface area contributed by atoms with Crippen LogP contribution in [0.1, 0.15) is 62.2 Å². The van der Waals surface area contributed by atoms with Crippen molar-refractivity contribution >= 4 is 0 Å². The minimum absolute atomic E-state index is 0.170. The molecular weight excluding hydrogens is 420 g/mol. The molecule has 33 heavy (non-hydrogen) atoms. The van der Waals surface area contributed by atoms with E-state index >= 15 is 0 Å². The van der Waals surface area contributed by atoms with Gasteiger partial charge < -0.3 is 23.7 Å². The van der Waals surface area contributed by atoms with Crippen LogP contribution >= 0.6 is 0 Å². The summed E-state index contributed by atoms with van der Waals surface area (Å²) in [5, 5.41) is 13.6. The lowest BCUT2D eigenvalue weighted by molar-refractivity contribution is -0.188. The first-order chi connectivity index (χ1) is 16.1. The van der Waals surface area contributed by atoms with Crippen molar-refractivity contribution in [2.45, 2.75) is 64.1 Å². The summed E-state index contributed by atoms with van der Waals surface area (Å²) in [6.07, 6.45) is 9.53. The van der Waals surface area contributed by atoms with Crippen LogP contribution in [0.5, 0.6) is 0 Å². The first-order valence-electron chi connectivity index (χ1n) is 11.5. The Kier molecular flexibility index (Phi) is 6.53. The number of aliphatic hydroxyl groups excluding tert-OH is 1. The number of aromatic nitrogens is 4. The van der Waals surface area contributed by atoms with Gasteiger partial charge in [0, 0.05) is 42.7 Å². The molecule has 3 aromatic rings. The van der Waals surface area contributed by atoms with E-state index in [1.54, 1.807) is 12.4 Å². The average molecular weight is 449 g/mol. The number of aliphatic hydroxyl groups is 1. The number of hydrogen-bond donors (Lipinski definition) is 1. The summed E-state index contributed by atoms with van der Waals surface area (Å²) in [4.78, 5) is 8.95. The molecule has 1 aliphatic carbocycles. The molecule has 0 radical (unpaired) electrons. The van der Waals surface area contributed by atoms with Crippen molar-refractivity contribution < 1.29 is 19.1 Å². The Hall–Kier alpha value is -2.99. The predicted octanol–water partition coefficient (Wildman–Crippen LogP) is 3.71. The molecule has 4 heterocycles. The van der Waals surface area contributed by atoms with Crippen LogP contribution < -0.4 is 0 Å². The molecule has 0 aromatic carbocycles. The van der Waals surface area contributed by atoms with E-state index in [0.717, 1.165) is 55.8 Å². The third-order valence-electron chi connectivity index (χ3n) is 6.05. The lowest BCUT2D eigenvalue weighted by Gasteiger charge is -2.26. The maximum Gasteiger partial charge on any atom is 0.185 e. The van der Waals surface area contributed by atoms with Crippen molar-refractivity contribution in [3.8, 4) is 23.3 Å². The van der Waals surface area contributed by atoms with Gasteiger partial charge in [0.15, 0.2) is 12.1 Å². The summed E-state index contributed by atoms with van der Waals surface area (Å²) >= 11 is 0. The van der Waals surface area contributed by atoms with Crippen LogP contribution in [0.3, 0.4) is 0 Å². The van der Waals surface area contributed by atoms with E-state index in [0.29, 0.717) is 18.0 Å². The van der Waals surface area contributed by atoms with E-state index in [-0.39, 0.29) is 24.4 Å². The maximum atomic E-state index is 9.36. The molecule has 1 aliphatic heterocycles. The van der Waals surface area contributed by atoms with Crippen molar-refractivity contribution in [2.75, 3.05) is 6.61 Å². The second kappa shape index (κ2) is 9.87. The van der Waals surface area contributed by atoms with Crippen molar-refractivity contribution in [1.82, 2.24) is 19.7 Å². The summed E-state index contributed by atoms with van der Waals surface area (Å²) < 4.78 is 19.3. The van der Waals surface area contributed by atoms with Gasteiger partial charge in [0.1, 0.15) is 23.3 Å². The molecule has 1 unspecified atom stereocenters. The fraction of sp³-hybridized carbons (Fsp3) is 0.480. The van der Waals surface area contributed by atoms with E-state index in [1.807, 2.05) is 35.9 Å². The maximum absolute atomic E-state index is 9.36.